The third kappa shape index (κ3) is 4.95. The molecular weight excluding hydrogens is 330 g/mol. The molecule has 0 radical (unpaired) electrons. The Morgan fingerprint density at radius 3 is 2.29 bits per heavy atom. The number of aryl methyl sites for hydroxylation is 1. The smallest absolute Gasteiger partial charge is 0.165 e. The summed E-state index contributed by atoms with van der Waals surface area (Å²) >= 11 is 3.47. The molecule has 0 spiro atoms. The van der Waals surface area contributed by atoms with Crippen LogP contribution in [0.4, 0.5) is 5.82 Å². The number of nitrogen functional groups attached to an aromatic ring is 1. The molecule has 21 heavy (non-hydrogen) atoms. The van der Waals surface area contributed by atoms with Gasteiger partial charge in [-0.05, 0) is 12.8 Å². The summed E-state index contributed by atoms with van der Waals surface area (Å²) in [4.78, 5) is 12.5. The second kappa shape index (κ2) is 8.97. The van der Waals surface area contributed by atoms with E-state index in [0.717, 1.165) is 23.9 Å². The van der Waals surface area contributed by atoms with Gasteiger partial charge in [0.15, 0.2) is 11.5 Å². The zero-order chi connectivity index (χ0) is 14.9. The van der Waals surface area contributed by atoms with Gasteiger partial charge in [0.25, 0.3) is 0 Å². The molecule has 0 aliphatic rings. The number of nitrogens with zero attached hydrogens (tertiary/aromatic N) is 4. The number of hydrogen-bond acceptors (Lipinski definition) is 4. The first-order valence-electron chi connectivity index (χ1n) is 7.80. The Kier molecular flexibility index (Phi) is 6.92. The highest BCUT2D eigenvalue weighted by molar-refractivity contribution is 9.09. The van der Waals surface area contributed by atoms with Gasteiger partial charge in [-0.1, -0.05) is 54.5 Å². The van der Waals surface area contributed by atoms with Gasteiger partial charge in [-0.25, -0.2) is 15.0 Å². The first-order chi connectivity index (χ1) is 10.3. The Hall–Kier alpha value is -1.17. The van der Waals surface area contributed by atoms with E-state index in [1.807, 2.05) is 6.33 Å². The van der Waals surface area contributed by atoms with Crippen molar-refractivity contribution in [1.29, 1.82) is 0 Å². The van der Waals surface area contributed by atoms with E-state index in [1.54, 1.807) is 0 Å². The number of rotatable bonds is 10. The molecule has 0 bridgehead atoms. The van der Waals surface area contributed by atoms with Crippen molar-refractivity contribution < 1.29 is 0 Å². The van der Waals surface area contributed by atoms with Crippen LogP contribution in [0.25, 0.3) is 11.2 Å². The Bertz CT molecular complexity index is 540. The monoisotopic (exact) mass is 353 g/mol. The van der Waals surface area contributed by atoms with Crippen molar-refractivity contribution in [2.24, 2.45) is 0 Å². The zero-order valence-corrected chi connectivity index (χ0v) is 14.1. The van der Waals surface area contributed by atoms with Crippen LogP contribution < -0.4 is 5.73 Å². The summed E-state index contributed by atoms with van der Waals surface area (Å²) in [5.74, 6) is 0.460. The minimum atomic E-state index is 0.460. The summed E-state index contributed by atoms with van der Waals surface area (Å²) in [6, 6.07) is 0. The van der Waals surface area contributed by atoms with Crippen molar-refractivity contribution in [3.8, 4) is 0 Å². The van der Waals surface area contributed by atoms with Crippen molar-refractivity contribution in [2.75, 3.05) is 11.1 Å². The van der Waals surface area contributed by atoms with E-state index >= 15 is 0 Å². The third-order valence-electron chi connectivity index (χ3n) is 3.71. The van der Waals surface area contributed by atoms with Gasteiger partial charge in [0, 0.05) is 11.9 Å². The van der Waals surface area contributed by atoms with E-state index in [-0.39, 0.29) is 0 Å². The average molecular weight is 354 g/mol. The van der Waals surface area contributed by atoms with Gasteiger partial charge in [-0.15, -0.1) is 0 Å². The molecule has 0 aliphatic carbocycles. The highest BCUT2D eigenvalue weighted by Crippen LogP contribution is 2.15. The summed E-state index contributed by atoms with van der Waals surface area (Å²) < 4.78 is 2.07. The molecule has 2 N–H and O–H groups in total. The number of halogens is 1. The molecule has 0 saturated heterocycles. The van der Waals surface area contributed by atoms with Crippen LogP contribution in [-0.2, 0) is 6.54 Å². The van der Waals surface area contributed by atoms with Crippen LogP contribution >= 0.6 is 15.9 Å². The number of fused-ring (bicyclic) bond motifs is 1. The predicted molar refractivity (Wildman–Crippen MR) is 90.5 cm³/mol. The maximum Gasteiger partial charge on any atom is 0.165 e. The SMILES string of the molecule is Nc1ncnc2c1ncn2CCCCCCCCCCBr. The molecule has 2 aromatic rings. The largest absolute Gasteiger partial charge is 0.382 e. The van der Waals surface area contributed by atoms with Gasteiger partial charge in [-0.3, -0.25) is 0 Å². The molecule has 0 fully saturated rings. The molecule has 2 rings (SSSR count). The van der Waals surface area contributed by atoms with Crippen molar-refractivity contribution >= 4 is 32.9 Å². The standard InChI is InChI=1S/C15H24BrN5/c16-9-7-5-3-1-2-4-6-8-10-21-12-20-13-14(17)18-11-19-15(13)21/h11-12H,1-10H2,(H2,17,18,19). The Morgan fingerprint density at radius 2 is 1.57 bits per heavy atom. The zero-order valence-electron chi connectivity index (χ0n) is 12.5. The van der Waals surface area contributed by atoms with Gasteiger partial charge in [0.05, 0.1) is 6.33 Å². The van der Waals surface area contributed by atoms with E-state index in [1.165, 1.54) is 51.3 Å². The van der Waals surface area contributed by atoms with Crippen LogP contribution in [0, 0.1) is 0 Å². The summed E-state index contributed by atoms with van der Waals surface area (Å²) in [6.07, 6.45) is 13.8. The fourth-order valence-corrected chi connectivity index (χ4v) is 2.90. The van der Waals surface area contributed by atoms with Gasteiger partial charge in [0.2, 0.25) is 0 Å². The summed E-state index contributed by atoms with van der Waals surface area (Å²) in [6.45, 7) is 0.955. The molecule has 0 unspecified atom stereocenters. The van der Waals surface area contributed by atoms with Gasteiger partial charge >= 0.3 is 0 Å². The minimum Gasteiger partial charge on any atom is -0.382 e. The number of aromatic nitrogens is 4. The van der Waals surface area contributed by atoms with Crippen LogP contribution in [0.5, 0.6) is 0 Å². The lowest BCUT2D eigenvalue weighted by Gasteiger charge is -2.04. The molecule has 0 aromatic carbocycles. The molecule has 0 atom stereocenters. The van der Waals surface area contributed by atoms with Crippen LogP contribution in [0.15, 0.2) is 12.7 Å². The maximum absolute atomic E-state index is 5.78. The first-order valence-corrected chi connectivity index (χ1v) is 8.92. The molecule has 0 saturated carbocycles. The van der Waals surface area contributed by atoms with E-state index in [0.29, 0.717) is 11.3 Å². The van der Waals surface area contributed by atoms with E-state index in [9.17, 15) is 0 Å². The highest BCUT2D eigenvalue weighted by Gasteiger charge is 2.06. The fourth-order valence-electron chi connectivity index (χ4n) is 2.50. The summed E-state index contributed by atoms with van der Waals surface area (Å²) in [7, 11) is 0. The van der Waals surface area contributed by atoms with Crippen molar-refractivity contribution in [3.63, 3.8) is 0 Å². The van der Waals surface area contributed by atoms with Crippen molar-refractivity contribution in [2.45, 2.75) is 57.9 Å². The molecule has 2 heterocycles. The van der Waals surface area contributed by atoms with E-state index in [2.05, 4.69) is 35.4 Å². The van der Waals surface area contributed by atoms with Crippen LogP contribution in [-0.4, -0.2) is 24.8 Å². The topological polar surface area (TPSA) is 69.6 Å². The minimum absolute atomic E-state index is 0.460. The third-order valence-corrected chi connectivity index (χ3v) is 4.27. The van der Waals surface area contributed by atoms with Gasteiger partial charge in [-0.2, -0.15) is 0 Å². The molecule has 0 aliphatic heterocycles. The molecule has 6 heteroatoms. The Labute approximate surface area is 134 Å². The van der Waals surface area contributed by atoms with Gasteiger partial charge in [0.1, 0.15) is 11.8 Å². The fraction of sp³-hybridized carbons (Fsp3) is 0.667. The van der Waals surface area contributed by atoms with E-state index in [4.69, 9.17) is 5.73 Å². The average Bonchev–Trinajstić information content (AvgIpc) is 2.90. The van der Waals surface area contributed by atoms with Crippen molar-refractivity contribution in [3.05, 3.63) is 12.7 Å². The van der Waals surface area contributed by atoms with Crippen molar-refractivity contribution in [1.82, 2.24) is 19.5 Å². The predicted octanol–water partition coefficient (Wildman–Crippen LogP) is 3.92. The number of nitrogens with two attached hydrogens (primary N) is 1. The molecular formula is C15H24BrN5. The van der Waals surface area contributed by atoms with Gasteiger partial charge < -0.3 is 10.3 Å². The molecule has 0 amide bonds. The van der Waals surface area contributed by atoms with Crippen LogP contribution in [0.2, 0.25) is 0 Å². The Morgan fingerprint density at radius 1 is 0.905 bits per heavy atom. The first kappa shape index (κ1) is 16.2. The van der Waals surface area contributed by atoms with E-state index < -0.39 is 0 Å². The van der Waals surface area contributed by atoms with Crippen LogP contribution in [0.1, 0.15) is 51.4 Å². The number of alkyl halides is 1. The van der Waals surface area contributed by atoms with Crippen LogP contribution in [0.3, 0.4) is 0 Å². The second-order valence-corrected chi connectivity index (χ2v) is 6.18. The summed E-state index contributed by atoms with van der Waals surface area (Å²) in [5.41, 5.74) is 7.34. The number of imidazole rings is 1. The lowest BCUT2D eigenvalue weighted by molar-refractivity contribution is 0.547. The number of unbranched alkanes of at least 4 members (excludes halogenated alkanes) is 7. The number of anilines is 1. The molecule has 2 aromatic heterocycles. The maximum atomic E-state index is 5.78. The molecule has 116 valence electrons. The lowest BCUT2D eigenvalue weighted by Crippen LogP contribution is -1.99. The second-order valence-electron chi connectivity index (χ2n) is 5.39. The Balaban J connectivity index is 1.63. The summed E-state index contributed by atoms with van der Waals surface area (Å²) in [5, 5.41) is 1.14. The number of hydrogen-bond donors (Lipinski definition) is 1. The normalized spacial score (nSPS) is 11.3. The quantitative estimate of drug-likeness (QED) is 0.519. The highest BCUT2D eigenvalue weighted by atomic mass is 79.9. The lowest BCUT2D eigenvalue weighted by atomic mass is 10.1. The molecule has 5 nitrogen and oxygen atoms in total.